The number of aromatic nitrogens is 1. The van der Waals surface area contributed by atoms with Crippen LogP contribution in [0.25, 0.3) is 5.52 Å². The average Bonchev–Trinajstić information content (AvgIpc) is 2.92. The summed E-state index contributed by atoms with van der Waals surface area (Å²) in [6.45, 7) is 3.41. The number of benzene rings is 1. The van der Waals surface area contributed by atoms with Crippen molar-refractivity contribution in [2.24, 2.45) is 0 Å². The van der Waals surface area contributed by atoms with E-state index in [0.29, 0.717) is 17.7 Å². The van der Waals surface area contributed by atoms with Crippen molar-refractivity contribution in [3.8, 4) is 6.07 Å². The first-order chi connectivity index (χ1) is 13.7. The molecule has 0 amide bonds. The van der Waals surface area contributed by atoms with Gasteiger partial charge in [-0.1, -0.05) is 24.6 Å². The lowest BCUT2D eigenvalue weighted by Gasteiger charge is -2.08. The Hall–Kier alpha value is -2.82. The maximum atomic E-state index is 12.1. The number of rotatable bonds is 6. The summed E-state index contributed by atoms with van der Waals surface area (Å²) in [5.74, 6) is -0.981. The highest BCUT2D eigenvalue weighted by molar-refractivity contribution is 7.91. The number of nitriles is 1. The molecule has 3 rings (SSSR count). The number of hydrogen-bond acceptors (Lipinski definition) is 4. The van der Waals surface area contributed by atoms with Gasteiger partial charge in [-0.15, -0.1) is 0 Å². The Morgan fingerprint density at radius 3 is 2.59 bits per heavy atom. The molecule has 1 aromatic carbocycles. The van der Waals surface area contributed by atoms with E-state index >= 15 is 0 Å². The van der Waals surface area contributed by atoms with Gasteiger partial charge in [0.25, 0.3) is 0 Å². The largest absolute Gasteiger partial charge is 0.481 e. The van der Waals surface area contributed by atoms with E-state index in [0.717, 1.165) is 22.2 Å². The molecule has 6 nitrogen and oxygen atoms in total. The fraction of sp³-hybridized carbons (Fsp3) is 0.238. The number of fused-ring (bicyclic) bond motifs is 1. The Labute approximate surface area is 173 Å². The average molecular weight is 431 g/mol. The van der Waals surface area contributed by atoms with Gasteiger partial charge < -0.3 is 9.51 Å². The van der Waals surface area contributed by atoms with Crippen LogP contribution in [0.1, 0.15) is 34.9 Å². The molecule has 0 aliphatic carbocycles. The summed E-state index contributed by atoms with van der Waals surface area (Å²) >= 11 is 6.23. The van der Waals surface area contributed by atoms with E-state index in [1.54, 1.807) is 41.8 Å². The highest BCUT2D eigenvalue weighted by atomic mass is 35.5. The minimum Gasteiger partial charge on any atom is -0.481 e. The Bertz CT molecular complexity index is 1270. The first-order valence-electron chi connectivity index (χ1n) is 8.93. The first-order valence-corrected chi connectivity index (χ1v) is 11.0. The number of nitrogens with zero attached hydrogens (tertiary/aromatic N) is 2. The Balaban J connectivity index is 2.13. The van der Waals surface area contributed by atoms with Crippen LogP contribution in [0.3, 0.4) is 0 Å². The van der Waals surface area contributed by atoms with Crippen LogP contribution >= 0.6 is 11.6 Å². The van der Waals surface area contributed by atoms with Crippen LogP contribution in [-0.4, -0.2) is 29.6 Å². The van der Waals surface area contributed by atoms with Crippen LogP contribution in [0.5, 0.6) is 0 Å². The number of aliphatic carboxylic acids is 1. The number of carboxylic acids is 1. The summed E-state index contributed by atoms with van der Waals surface area (Å²) in [6, 6.07) is 10.3. The van der Waals surface area contributed by atoms with Crippen molar-refractivity contribution in [2.75, 3.05) is 5.75 Å². The number of hydrogen-bond donors (Lipinski definition) is 1. The monoisotopic (exact) mass is 430 g/mol. The Morgan fingerprint density at radius 2 is 2.00 bits per heavy atom. The summed E-state index contributed by atoms with van der Waals surface area (Å²) in [5.41, 5.74) is 4.36. The summed E-state index contributed by atoms with van der Waals surface area (Å²) in [5, 5.41) is 18.7. The molecule has 0 bridgehead atoms. The lowest BCUT2D eigenvalue weighted by atomic mass is 10.0. The molecule has 29 heavy (non-hydrogen) atoms. The highest BCUT2D eigenvalue weighted by Crippen LogP contribution is 2.30. The van der Waals surface area contributed by atoms with Crippen LogP contribution in [0, 0.1) is 18.3 Å². The molecule has 1 N–H and O–H groups in total. The third kappa shape index (κ3) is 4.00. The van der Waals surface area contributed by atoms with Crippen molar-refractivity contribution in [3.05, 3.63) is 69.5 Å². The maximum Gasteiger partial charge on any atom is 0.309 e. The molecule has 0 radical (unpaired) electrons. The van der Waals surface area contributed by atoms with Crippen molar-refractivity contribution >= 4 is 32.9 Å². The summed E-state index contributed by atoms with van der Waals surface area (Å²) < 4.78 is 26.0. The molecular weight excluding hydrogens is 412 g/mol. The molecule has 0 unspecified atom stereocenters. The van der Waals surface area contributed by atoms with Gasteiger partial charge in [-0.3, -0.25) is 4.79 Å². The number of carbonyl (C=O) groups is 1. The molecule has 2 heterocycles. The van der Waals surface area contributed by atoms with Crippen molar-refractivity contribution in [1.29, 1.82) is 5.26 Å². The second-order valence-electron chi connectivity index (χ2n) is 6.75. The number of sulfone groups is 1. The lowest BCUT2D eigenvalue weighted by Crippen LogP contribution is -2.05. The van der Waals surface area contributed by atoms with Gasteiger partial charge in [0, 0.05) is 11.9 Å². The smallest absolute Gasteiger partial charge is 0.309 e. The van der Waals surface area contributed by atoms with Crippen molar-refractivity contribution in [2.45, 2.75) is 31.6 Å². The van der Waals surface area contributed by atoms with Gasteiger partial charge in [0.2, 0.25) is 0 Å². The van der Waals surface area contributed by atoms with Gasteiger partial charge in [0.1, 0.15) is 0 Å². The van der Waals surface area contributed by atoms with E-state index in [1.807, 2.05) is 6.92 Å². The van der Waals surface area contributed by atoms with Crippen LogP contribution in [-0.2, 0) is 27.5 Å². The molecular formula is C21H19ClN2O4S. The third-order valence-electron chi connectivity index (χ3n) is 4.98. The second-order valence-corrected chi connectivity index (χ2v) is 9.40. The second kappa shape index (κ2) is 7.90. The van der Waals surface area contributed by atoms with Gasteiger partial charge in [0.05, 0.1) is 39.2 Å². The van der Waals surface area contributed by atoms with Gasteiger partial charge in [-0.05, 0) is 54.3 Å². The molecule has 0 saturated heterocycles. The van der Waals surface area contributed by atoms with Crippen molar-refractivity contribution in [3.63, 3.8) is 0 Å². The zero-order valence-electron chi connectivity index (χ0n) is 15.9. The molecule has 0 aliphatic heterocycles. The molecule has 0 aliphatic rings. The standard InChI is InChI=1S/C21H19ClN2O4S/c1-3-29(27,28)20-5-4-14(9-17(20)22)8-16-13(2)18(11-21(25)26)24-7-6-15(12-23)10-19(16)24/h4-7,9-10H,3,8,11H2,1-2H3,(H,25,26). The fourth-order valence-corrected chi connectivity index (χ4v) is 4.93. The lowest BCUT2D eigenvalue weighted by molar-refractivity contribution is -0.136. The molecule has 0 atom stereocenters. The van der Waals surface area contributed by atoms with Gasteiger partial charge in [-0.25, -0.2) is 8.42 Å². The predicted octanol–water partition coefficient (Wildman–Crippen LogP) is 3.78. The van der Waals surface area contributed by atoms with E-state index in [-0.39, 0.29) is 22.1 Å². The zero-order chi connectivity index (χ0) is 21.3. The SMILES string of the molecule is CCS(=O)(=O)c1ccc(Cc2c(C)c(CC(=O)O)n3ccc(C#N)cc23)cc1Cl. The minimum atomic E-state index is -3.42. The van der Waals surface area contributed by atoms with Crippen LogP contribution in [0.4, 0.5) is 0 Å². The van der Waals surface area contributed by atoms with Gasteiger partial charge in [-0.2, -0.15) is 5.26 Å². The van der Waals surface area contributed by atoms with Gasteiger partial charge >= 0.3 is 5.97 Å². The molecule has 8 heteroatoms. The number of halogens is 1. The number of carboxylic acid groups (broad SMARTS) is 1. The van der Waals surface area contributed by atoms with Crippen molar-refractivity contribution < 1.29 is 18.3 Å². The third-order valence-corrected chi connectivity index (χ3v) is 7.19. The van der Waals surface area contributed by atoms with E-state index < -0.39 is 15.8 Å². The van der Waals surface area contributed by atoms with E-state index in [2.05, 4.69) is 6.07 Å². The topological polar surface area (TPSA) is 99.6 Å². The quantitative estimate of drug-likeness (QED) is 0.641. The van der Waals surface area contributed by atoms with E-state index in [9.17, 15) is 23.6 Å². The summed E-state index contributed by atoms with van der Waals surface area (Å²) in [6.07, 6.45) is 1.98. The summed E-state index contributed by atoms with van der Waals surface area (Å²) in [4.78, 5) is 11.4. The minimum absolute atomic E-state index is 0.0369. The Morgan fingerprint density at radius 1 is 1.28 bits per heavy atom. The molecule has 3 aromatic rings. The molecule has 0 fully saturated rings. The first kappa shape index (κ1) is 20.9. The molecule has 2 aromatic heterocycles. The fourth-order valence-electron chi connectivity index (χ4n) is 3.43. The number of pyridine rings is 1. The highest BCUT2D eigenvalue weighted by Gasteiger charge is 2.20. The maximum absolute atomic E-state index is 12.1. The predicted molar refractivity (Wildman–Crippen MR) is 110 cm³/mol. The molecule has 0 spiro atoms. The van der Waals surface area contributed by atoms with Crippen LogP contribution in [0.2, 0.25) is 5.02 Å². The van der Waals surface area contributed by atoms with E-state index in [4.69, 9.17) is 11.6 Å². The van der Waals surface area contributed by atoms with Crippen LogP contribution in [0.15, 0.2) is 41.4 Å². The molecule has 150 valence electrons. The Kier molecular flexibility index (Phi) is 5.69. The van der Waals surface area contributed by atoms with Gasteiger partial charge in [0.15, 0.2) is 9.84 Å². The zero-order valence-corrected chi connectivity index (χ0v) is 17.5. The summed E-state index contributed by atoms with van der Waals surface area (Å²) in [7, 11) is -3.42. The van der Waals surface area contributed by atoms with E-state index in [1.165, 1.54) is 6.07 Å². The molecule has 0 saturated carbocycles. The normalized spacial score (nSPS) is 11.5. The van der Waals surface area contributed by atoms with Crippen LogP contribution < -0.4 is 0 Å². The van der Waals surface area contributed by atoms with Crippen molar-refractivity contribution in [1.82, 2.24) is 4.40 Å².